The summed E-state index contributed by atoms with van der Waals surface area (Å²) in [6.07, 6.45) is 1.79. The van der Waals surface area contributed by atoms with E-state index in [4.69, 9.17) is 27.2 Å². The molecule has 1 aromatic heterocycles. The Morgan fingerprint density at radius 1 is 1.38 bits per heavy atom. The average Bonchev–Trinajstić information content (AvgIpc) is 3.34. The van der Waals surface area contributed by atoms with Crippen LogP contribution >= 0.6 is 11.6 Å². The van der Waals surface area contributed by atoms with Crippen LogP contribution in [0.5, 0.6) is 5.75 Å². The van der Waals surface area contributed by atoms with Crippen LogP contribution < -0.4 is 20.7 Å². The Labute approximate surface area is 191 Å². The normalized spacial score (nSPS) is 17.2. The number of alkyl halides is 1. The van der Waals surface area contributed by atoms with Crippen LogP contribution in [0.25, 0.3) is 10.9 Å². The molecule has 10 heteroatoms. The molecule has 1 aliphatic rings. The van der Waals surface area contributed by atoms with Gasteiger partial charge < -0.3 is 30.8 Å². The second-order valence-corrected chi connectivity index (χ2v) is 8.41. The molecular formula is C22H29ClN4O5. The third-order valence-corrected chi connectivity index (χ3v) is 5.93. The third kappa shape index (κ3) is 4.54. The van der Waals surface area contributed by atoms with Gasteiger partial charge in [0.25, 0.3) is 5.91 Å². The van der Waals surface area contributed by atoms with Crippen molar-refractivity contribution in [1.29, 1.82) is 0 Å². The minimum Gasteiger partial charge on any atom is -0.491 e. The van der Waals surface area contributed by atoms with E-state index in [9.17, 15) is 14.4 Å². The van der Waals surface area contributed by atoms with Gasteiger partial charge in [0, 0.05) is 29.8 Å². The zero-order chi connectivity index (χ0) is 23.6. The molecule has 0 bridgehead atoms. The zero-order valence-electron chi connectivity index (χ0n) is 18.4. The molecule has 32 heavy (non-hydrogen) atoms. The van der Waals surface area contributed by atoms with Crippen LogP contribution in [0.2, 0.25) is 0 Å². The largest absolute Gasteiger partial charge is 0.491 e. The maximum atomic E-state index is 12.8. The minimum absolute atomic E-state index is 0.147. The fraction of sp³-hybridized carbons (Fsp3) is 0.500. The van der Waals surface area contributed by atoms with E-state index >= 15 is 0 Å². The molecule has 9 nitrogen and oxygen atoms in total. The average molecular weight is 465 g/mol. The van der Waals surface area contributed by atoms with E-state index in [-0.39, 0.29) is 23.4 Å². The van der Waals surface area contributed by atoms with E-state index in [2.05, 4.69) is 17.2 Å². The molecule has 2 heterocycles. The number of benzene rings is 1. The number of carbonyl (C=O) groups excluding carboxylic acids is 2. The molecule has 0 saturated heterocycles. The minimum atomic E-state index is -1.13. The Kier molecular flexibility index (Phi) is 7.30. The first kappa shape index (κ1) is 23.9. The number of aliphatic carboxylic acids is 1. The molecule has 0 fully saturated rings. The van der Waals surface area contributed by atoms with Crippen LogP contribution in [-0.4, -0.2) is 59.0 Å². The van der Waals surface area contributed by atoms with Gasteiger partial charge in [0.05, 0.1) is 23.9 Å². The summed E-state index contributed by atoms with van der Waals surface area (Å²) in [5.74, 6) is -1.26. The van der Waals surface area contributed by atoms with Crippen LogP contribution in [0.1, 0.15) is 55.6 Å². The Morgan fingerprint density at radius 3 is 2.69 bits per heavy atom. The van der Waals surface area contributed by atoms with Crippen molar-refractivity contribution in [3.8, 4) is 5.75 Å². The first-order chi connectivity index (χ1) is 15.2. The predicted molar refractivity (Wildman–Crippen MR) is 123 cm³/mol. The number of nitrogens with two attached hydrogens (primary N) is 1. The number of nitrogens with zero attached hydrogens (tertiary/aromatic N) is 1. The molecule has 1 aliphatic heterocycles. The third-order valence-electron chi connectivity index (χ3n) is 5.56. The van der Waals surface area contributed by atoms with Gasteiger partial charge >= 0.3 is 5.97 Å². The molecule has 3 rings (SSSR count). The van der Waals surface area contributed by atoms with Gasteiger partial charge in [0.15, 0.2) is 0 Å². The molecule has 3 atom stereocenters. The monoisotopic (exact) mass is 464 g/mol. The van der Waals surface area contributed by atoms with Gasteiger partial charge in [-0.05, 0) is 31.9 Å². The lowest BCUT2D eigenvalue weighted by Gasteiger charge is -2.20. The number of H-pyrrole nitrogens is 1. The summed E-state index contributed by atoms with van der Waals surface area (Å²) in [5.41, 5.74) is 8.18. The van der Waals surface area contributed by atoms with E-state index in [1.807, 2.05) is 0 Å². The molecule has 5 N–H and O–H groups in total. The lowest BCUT2D eigenvalue weighted by molar-refractivity contribution is -0.138. The fourth-order valence-electron chi connectivity index (χ4n) is 3.81. The molecular weight excluding hydrogens is 436 g/mol. The van der Waals surface area contributed by atoms with Crippen LogP contribution in [0.15, 0.2) is 12.1 Å². The van der Waals surface area contributed by atoms with E-state index in [1.165, 1.54) is 6.92 Å². The molecule has 174 valence electrons. The molecule has 2 amide bonds. The number of halogens is 1. The van der Waals surface area contributed by atoms with Gasteiger partial charge in [-0.2, -0.15) is 0 Å². The molecule has 1 unspecified atom stereocenters. The smallest absolute Gasteiger partial charge is 0.325 e. The van der Waals surface area contributed by atoms with Gasteiger partial charge in [-0.1, -0.05) is 13.3 Å². The number of hydrogen-bond donors (Lipinski definition) is 4. The number of rotatable bonds is 9. The number of aromatic amines is 1. The number of carbonyl (C=O) groups is 3. The predicted octanol–water partition coefficient (Wildman–Crippen LogP) is 2.57. The van der Waals surface area contributed by atoms with Crippen molar-refractivity contribution in [2.45, 2.75) is 51.6 Å². The number of aromatic nitrogens is 1. The fourth-order valence-corrected chi connectivity index (χ4v) is 4.07. The summed E-state index contributed by atoms with van der Waals surface area (Å²) >= 11 is 6.25. The summed E-state index contributed by atoms with van der Waals surface area (Å²) in [6, 6.07) is 1.72. The Bertz CT molecular complexity index is 1030. The highest BCUT2D eigenvalue weighted by Crippen LogP contribution is 2.46. The molecule has 0 spiro atoms. The second-order valence-electron chi connectivity index (χ2n) is 8.10. The number of anilines is 1. The van der Waals surface area contributed by atoms with Gasteiger partial charge in [-0.15, -0.1) is 11.6 Å². The number of carboxylic acids is 1. The summed E-state index contributed by atoms with van der Waals surface area (Å²) < 4.78 is 6.00. The van der Waals surface area contributed by atoms with Crippen LogP contribution in [-0.2, 0) is 9.59 Å². The highest BCUT2D eigenvalue weighted by atomic mass is 35.5. The Balaban J connectivity index is 2.13. The van der Waals surface area contributed by atoms with Crippen molar-refractivity contribution < 1.29 is 24.2 Å². The summed E-state index contributed by atoms with van der Waals surface area (Å²) in [4.78, 5) is 41.2. The molecule has 0 saturated carbocycles. The molecule has 0 radical (unpaired) electrons. The van der Waals surface area contributed by atoms with E-state index in [0.717, 1.165) is 18.4 Å². The number of amides is 2. The maximum absolute atomic E-state index is 12.8. The van der Waals surface area contributed by atoms with Crippen molar-refractivity contribution in [1.82, 2.24) is 10.3 Å². The van der Waals surface area contributed by atoms with Crippen molar-refractivity contribution >= 4 is 46.0 Å². The van der Waals surface area contributed by atoms with Crippen LogP contribution in [0.3, 0.4) is 0 Å². The Hall–Kier alpha value is -2.78. The van der Waals surface area contributed by atoms with Crippen molar-refractivity contribution in [2.75, 3.05) is 23.9 Å². The number of ether oxygens (including phenoxy) is 1. The topological polar surface area (TPSA) is 138 Å². The van der Waals surface area contributed by atoms with E-state index < -0.39 is 24.0 Å². The SMILES string of the molecule is CCCCOc1cc2c(c3cc(C(=O)N[C@@H](C)C(=O)O)[nH]c13)C(CCl)CN2C(=O)[C@H](C)N. The summed E-state index contributed by atoms with van der Waals surface area (Å²) in [6.45, 7) is 5.93. The number of unbranched alkanes of at least 4 members (excludes halogenated alkanes) is 1. The van der Waals surface area contributed by atoms with Crippen molar-refractivity contribution in [2.24, 2.45) is 5.73 Å². The van der Waals surface area contributed by atoms with E-state index in [0.29, 0.717) is 35.5 Å². The Morgan fingerprint density at radius 2 is 2.09 bits per heavy atom. The van der Waals surface area contributed by atoms with Gasteiger partial charge in [-0.25, -0.2) is 0 Å². The van der Waals surface area contributed by atoms with Gasteiger partial charge in [-0.3, -0.25) is 14.4 Å². The number of nitrogens with one attached hydrogen (secondary N) is 2. The molecule has 1 aromatic carbocycles. The number of fused-ring (bicyclic) bond motifs is 3. The second kappa shape index (κ2) is 9.79. The van der Waals surface area contributed by atoms with Crippen molar-refractivity contribution in [3.63, 3.8) is 0 Å². The molecule has 2 aromatic rings. The summed E-state index contributed by atoms with van der Waals surface area (Å²) in [5, 5.41) is 12.3. The summed E-state index contributed by atoms with van der Waals surface area (Å²) in [7, 11) is 0. The first-order valence-corrected chi connectivity index (χ1v) is 11.2. The maximum Gasteiger partial charge on any atom is 0.325 e. The van der Waals surface area contributed by atoms with Gasteiger partial charge in [0.2, 0.25) is 5.91 Å². The van der Waals surface area contributed by atoms with Gasteiger partial charge in [0.1, 0.15) is 17.5 Å². The quantitative estimate of drug-likeness (QED) is 0.332. The highest BCUT2D eigenvalue weighted by Gasteiger charge is 2.36. The lowest BCUT2D eigenvalue weighted by atomic mass is 9.98. The highest BCUT2D eigenvalue weighted by molar-refractivity contribution is 6.19. The van der Waals surface area contributed by atoms with Crippen LogP contribution in [0, 0.1) is 0 Å². The molecule has 0 aliphatic carbocycles. The standard InChI is InChI=1S/C22H29ClN4O5/c1-4-5-6-32-17-8-16-18(13(9-23)10-27(16)21(29)11(2)24)14-7-15(26-19(14)17)20(28)25-12(3)22(30)31/h7-8,11-13,26H,4-6,9-10,24H2,1-3H3,(H,25,28)(H,30,31)/t11-,12-,13?/m0/s1. The van der Waals surface area contributed by atoms with Crippen LogP contribution in [0.4, 0.5) is 5.69 Å². The lowest BCUT2D eigenvalue weighted by Crippen LogP contribution is -2.41. The number of carboxylic acid groups (broad SMARTS) is 1. The first-order valence-electron chi connectivity index (χ1n) is 10.7. The van der Waals surface area contributed by atoms with Crippen molar-refractivity contribution in [3.05, 3.63) is 23.4 Å². The zero-order valence-corrected chi connectivity index (χ0v) is 19.2. The number of hydrogen-bond acceptors (Lipinski definition) is 5. The van der Waals surface area contributed by atoms with E-state index in [1.54, 1.807) is 24.0 Å².